The zero-order chi connectivity index (χ0) is 11.4. The second kappa shape index (κ2) is 5.23. The van der Waals surface area contributed by atoms with Crippen LogP contribution in [-0.2, 0) is 4.79 Å². The minimum Gasteiger partial charge on any atom is -0.322 e. The molecule has 1 aromatic rings. The normalized spacial score (nSPS) is 12.3. The smallest absolute Gasteiger partial charge is 0.241 e. The summed E-state index contributed by atoms with van der Waals surface area (Å²) in [5.41, 5.74) is 5.65. The number of anilines is 1. The highest BCUT2D eigenvalue weighted by Gasteiger charge is 2.12. The number of amides is 1. The first-order chi connectivity index (χ1) is 7.04. The van der Waals surface area contributed by atoms with E-state index in [1.807, 2.05) is 0 Å². The Morgan fingerprint density at radius 3 is 2.87 bits per heavy atom. The van der Waals surface area contributed by atoms with Crippen molar-refractivity contribution in [2.75, 3.05) is 5.32 Å². The maximum absolute atomic E-state index is 13.3. The average molecular weight is 275 g/mol. The van der Waals surface area contributed by atoms with Gasteiger partial charge in [0.1, 0.15) is 5.82 Å². The van der Waals surface area contributed by atoms with Crippen molar-refractivity contribution in [1.29, 1.82) is 0 Å². The molecule has 0 aromatic heterocycles. The molecule has 82 valence electrons. The zero-order valence-corrected chi connectivity index (χ0v) is 9.84. The summed E-state index contributed by atoms with van der Waals surface area (Å²) in [6.07, 6.45) is 0.518. The number of rotatable bonds is 3. The van der Waals surface area contributed by atoms with Crippen molar-refractivity contribution in [2.24, 2.45) is 5.73 Å². The molecule has 15 heavy (non-hydrogen) atoms. The molecule has 0 saturated carbocycles. The minimum atomic E-state index is -0.604. The first kappa shape index (κ1) is 12.1. The number of hydrogen-bond donors (Lipinski definition) is 2. The molecule has 1 amide bonds. The molecule has 5 heteroatoms. The molecule has 1 rings (SSSR count). The van der Waals surface area contributed by atoms with Crippen LogP contribution in [0.4, 0.5) is 10.1 Å². The summed E-state index contributed by atoms with van der Waals surface area (Å²) in [6.45, 7) is 1.79. The third-order valence-electron chi connectivity index (χ3n) is 1.97. The second-order valence-electron chi connectivity index (χ2n) is 3.13. The van der Waals surface area contributed by atoms with E-state index < -0.39 is 11.9 Å². The summed E-state index contributed by atoms with van der Waals surface area (Å²) < 4.78 is 13.9. The van der Waals surface area contributed by atoms with E-state index in [0.29, 0.717) is 10.9 Å². The topological polar surface area (TPSA) is 55.1 Å². The fraction of sp³-hybridized carbons (Fsp3) is 0.300. The van der Waals surface area contributed by atoms with Gasteiger partial charge in [0.15, 0.2) is 0 Å². The standard InChI is InChI=1S/C10H12BrFN2O/c1-2-8(13)10(15)14-9-4-3-6(11)5-7(9)12/h3-5,8H,2,13H2,1H3,(H,14,15). The Bertz CT molecular complexity index is 370. The Morgan fingerprint density at radius 2 is 2.33 bits per heavy atom. The summed E-state index contributed by atoms with van der Waals surface area (Å²) in [4.78, 5) is 11.4. The fourth-order valence-electron chi connectivity index (χ4n) is 1.00. The van der Waals surface area contributed by atoms with Gasteiger partial charge in [-0.1, -0.05) is 22.9 Å². The van der Waals surface area contributed by atoms with Crippen molar-refractivity contribution in [1.82, 2.24) is 0 Å². The number of halogens is 2. The van der Waals surface area contributed by atoms with Crippen molar-refractivity contribution < 1.29 is 9.18 Å². The number of nitrogens with one attached hydrogen (secondary N) is 1. The molecule has 0 fully saturated rings. The van der Waals surface area contributed by atoms with Crippen LogP contribution in [0, 0.1) is 5.82 Å². The van der Waals surface area contributed by atoms with Crippen LogP contribution >= 0.6 is 15.9 Å². The molecule has 1 unspecified atom stereocenters. The van der Waals surface area contributed by atoms with Crippen LogP contribution in [0.2, 0.25) is 0 Å². The quantitative estimate of drug-likeness (QED) is 0.889. The predicted octanol–water partition coefficient (Wildman–Crippen LogP) is 2.26. The van der Waals surface area contributed by atoms with E-state index in [4.69, 9.17) is 5.73 Å². The molecule has 1 atom stereocenters. The number of nitrogens with two attached hydrogens (primary N) is 1. The van der Waals surface area contributed by atoms with Crippen LogP contribution in [0.25, 0.3) is 0 Å². The van der Waals surface area contributed by atoms with Crippen molar-refractivity contribution in [2.45, 2.75) is 19.4 Å². The first-order valence-corrected chi connectivity index (χ1v) is 5.35. The van der Waals surface area contributed by atoms with Gasteiger partial charge in [0, 0.05) is 4.47 Å². The second-order valence-corrected chi connectivity index (χ2v) is 4.04. The molecule has 3 N–H and O–H groups in total. The van der Waals surface area contributed by atoms with Gasteiger partial charge >= 0.3 is 0 Å². The largest absolute Gasteiger partial charge is 0.322 e. The SMILES string of the molecule is CCC(N)C(=O)Nc1ccc(Br)cc1F. The predicted molar refractivity (Wildman–Crippen MR) is 61.0 cm³/mol. The molecule has 1 aromatic carbocycles. The number of carbonyl (C=O) groups excluding carboxylic acids is 1. The number of carbonyl (C=O) groups is 1. The summed E-state index contributed by atoms with van der Waals surface area (Å²) >= 11 is 3.13. The van der Waals surface area contributed by atoms with E-state index >= 15 is 0 Å². The molecule has 0 saturated heterocycles. The van der Waals surface area contributed by atoms with Gasteiger partial charge in [-0.05, 0) is 24.6 Å². The lowest BCUT2D eigenvalue weighted by atomic mass is 10.2. The fourth-order valence-corrected chi connectivity index (χ4v) is 1.33. The number of benzene rings is 1. The zero-order valence-electron chi connectivity index (χ0n) is 8.26. The van der Waals surface area contributed by atoms with E-state index in [9.17, 15) is 9.18 Å². The van der Waals surface area contributed by atoms with E-state index in [2.05, 4.69) is 21.2 Å². The van der Waals surface area contributed by atoms with Crippen LogP contribution in [0.1, 0.15) is 13.3 Å². The van der Waals surface area contributed by atoms with Gasteiger partial charge in [-0.3, -0.25) is 4.79 Å². The van der Waals surface area contributed by atoms with Crippen molar-refractivity contribution >= 4 is 27.5 Å². The van der Waals surface area contributed by atoms with Gasteiger partial charge in [0.25, 0.3) is 0 Å². The molecule has 0 aliphatic carbocycles. The van der Waals surface area contributed by atoms with E-state index in [1.54, 1.807) is 13.0 Å². The maximum Gasteiger partial charge on any atom is 0.241 e. The van der Waals surface area contributed by atoms with E-state index in [0.717, 1.165) is 0 Å². The van der Waals surface area contributed by atoms with Crippen LogP contribution in [-0.4, -0.2) is 11.9 Å². The molecule has 0 bridgehead atoms. The van der Waals surface area contributed by atoms with Crippen molar-refractivity contribution in [3.05, 3.63) is 28.5 Å². The summed E-state index contributed by atoms with van der Waals surface area (Å²) in [5, 5.41) is 2.43. The molecule has 0 aliphatic heterocycles. The Balaban J connectivity index is 2.77. The van der Waals surface area contributed by atoms with Gasteiger partial charge in [0.05, 0.1) is 11.7 Å². The van der Waals surface area contributed by atoms with Crippen LogP contribution in [0.3, 0.4) is 0 Å². The maximum atomic E-state index is 13.3. The highest BCUT2D eigenvalue weighted by Crippen LogP contribution is 2.19. The lowest BCUT2D eigenvalue weighted by Crippen LogP contribution is -2.35. The monoisotopic (exact) mass is 274 g/mol. The molecule has 3 nitrogen and oxygen atoms in total. The Kier molecular flexibility index (Phi) is 4.23. The lowest BCUT2D eigenvalue weighted by molar-refractivity contribution is -0.117. The van der Waals surface area contributed by atoms with Crippen LogP contribution in [0.5, 0.6) is 0 Å². The van der Waals surface area contributed by atoms with Crippen molar-refractivity contribution in [3.63, 3.8) is 0 Å². The minimum absolute atomic E-state index is 0.145. The average Bonchev–Trinajstić information content (AvgIpc) is 2.20. The summed E-state index contributed by atoms with van der Waals surface area (Å²) in [7, 11) is 0. The summed E-state index contributed by atoms with van der Waals surface area (Å²) in [6, 6.07) is 3.82. The third kappa shape index (κ3) is 3.28. The van der Waals surface area contributed by atoms with Gasteiger partial charge < -0.3 is 11.1 Å². The van der Waals surface area contributed by atoms with Crippen LogP contribution < -0.4 is 11.1 Å². The molecule has 0 heterocycles. The molecule has 0 radical (unpaired) electrons. The lowest BCUT2D eigenvalue weighted by Gasteiger charge is -2.10. The third-order valence-corrected chi connectivity index (χ3v) is 2.46. The Labute approximate surface area is 96.0 Å². The van der Waals surface area contributed by atoms with Crippen LogP contribution in [0.15, 0.2) is 22.7 Å². The highest BCUT2D eigenvalue weighted by molar-refractivity contribution is 9.10. The molecular formula is C10H12BrFN2O. The first-order valence-electron chi connectivity index (χ1n) is 4.56. The van der Waals surface area contributed by atoms with E-state index in [-0.39, 0.29) is 11.6 Å². The van der Waals surface area contributed by atoms with Crippen molar-refractivity contribution in [3.8, 4) is 0 Å². The molecule has 0 aliphatic rings. The number of hydrogen-bond acceptors (Lipinski definition) is 2. The Morgan fingerprint density at radius 1 is 1.67 bits per heavy atom. The molecular weight excluding hydrogens is 263 g/mol. The van der Waals surface area contributed by atoms with Gasteiger partial charge in [-0.2, -0.15) is 0 Å². The van der Waals surface area contributed by atoms with E-state index in [1.165, 1.54) is 12.1 Å². The Hall–Kier alpha value is -0.940. The highest BCUT2D eigenvalue weighted by atomic mass is 79.9. The van der Waals surface area contributed by atoms with Gasteiger partial charge in [0.2, 0.25) is 5.91 Å². The van der Waals surface area contributed by atoms with Gasteiger partial charge in [-0.15, -0.1) is 0 Å². The molecule has 0 spiro atoms. The van der Waals surface area contributed by atoms with Gasteiger partial charge in [-0.25, -0.2) is 4.39 Å². The summed E-state index contributed by atoms with van der Waals surface area (Å²) in [5.74, 6) is -0.861.